The molecule has 1 saturated heterocycles. The lowest BCUT2D eigenvalue weighted by Crippen LogP contribution is -2.42. The fourth-order valence-electron chi connectivity index (χ4n) is 4.14. The number of anilines is 2. The molecule has 2 heterocycles. The summed E-state index contributed by atoms with van der Waals surface area (Å²) in [5.74, 6) is -0.975. The molecule has 0 saturated carbocycles. The number of hydrogen-bond donors (Lipinski definition) is 1. The molecule has 0 spiro atoms. The maximum Gasteiger partial charge on any atom is 0.294 e. The van der Waals surface area contributed by atoms with E-state index in [-0.39, 0.29) is 10.4 Å². The molecule has 2 aromatic carbocycles. The Morgan fingerprint density at radius 1 is 1.20 bits per heavy atom. The van der Waals surface area contributed by atoms with E-state index in [1.54, 1.807) is 13.2 Å². The second-order valence-corrected chi connectivity index (χ2v) is 9.97. The molecule has 2 aliphatic heterocycles. The SMILES string of the molecule is COc1cc2c(cc1/C=C1/SC(=O)N(CC(=O)Nc3ccc(F)cc3)C1=O)C(C)=CC(C)(C)N2C. The minimum absolute atomic E-state index is 0.166. The van der Waals surface area contributed by atoms with E-state index in [2.05, 4.69) is 30.1 Å². The van der Waals surface area contributed by atoms with Crippen LogP contribution in [0.1, 0.15) is 31.9 Å². The molecule has 0 aliphatic carbocycles. The molecule has 1 N–H and O–H groups in total. The van der Waals surface area contributed by atoms with Crippen LogP contribution in [0.3, 0.4) is 0 Å². The highest BCUT2D eigenvalue weighted by Crippen LogP contribution is 2.42. The number of nitrogens with one attached hydrogen (secondary N) is 1. The van der Waals surface area contributed by atoms with E-state index in [4.69, 9.17) is 4.74 Å². The largest absolute Gasteiger partial charge is 0.496 e. The first-order valence-corrected chi connectivity index (χ1v) is 11.8. The number of halogens is 1. The number of methoxy groups -OCH3 is 1. The van der Waals surface area contributed by atoms with Crippen molar-refractivity contribution in [2.45, 2.75) is 26.3 Å². The second kappa shape index (κ2) is 9.22. The molecule has 35 heavy (non-hydrogen) atoms. The van der Waals surface area contributed by atoms with Gasteiger partial charge in [0.25, 0.3) is 11.1 Å². The Labute approximate surface area is 207 Å². The molecule has 7 nitrogen and oxygen atoms in total. The lowest BCUT2D eigenvalue weighted by atomic mass is 9.88. The van der Waals surface area contributed by atoms with Crippen molar-refractivity contribution in [3.63, 3.8) is 0 Å². The quantitative estimate of drug-likeness (QED) is 0.579. The normalized spacial score (nSPS) is 18.0. The van der Waals surface area contributed by atoms with Crippen molar-refractivity contribution >= 4 is 51.8 Å². The van der Waals surface area contributed by atoms with Crippen LogP contribution in [0.4, 0.5) is 20.6 Å². The minimum Gasteiger partial charge on any atom is -0.496 e. The Morgan fingerprint density at radius 2 is 1.89 bits per heavy atom. The summed E-state index contributed by atoms with van der Waals surface area (Å²) in [6.45, 7) is 5.85. The predicted molar refractivity (Wildman–Crippen MR) is 137 cm³/mol. The fourth-order valence-corrected chi connectivity index (χ4v) is 4.97. The van der Waals surface area contributed by atoms with Gasteiger partial charge in [-0.3, -0.25) is 19.3 Å². The van der Waals surface area contributed by atoms with Crippen LogP contribution in [0, 0.1) is 5.82 Å². The first kappa shape index (κ1) is 24.5. The van der Waals surface area contributed by atoms with Gasteiger partial charge in [-0.1, -0.05) is 6.08 Å². The monoisotopic (exact) mass is 495 g/mol. The smallest absolute Gasteiger partial charge is 0.294 e. The van der Waals surface area contributed by atoms with E-state index < -0.39 is 29.4 Å². The predicted octanol–water partition coefficient (Wildman–Crippen LogP) is 5.14. The number of hydrogen-bond acceptors (Lipinski definition) is 6. The van der Waals surface area contributed by atoms with E-state index in [0.717, 1.165) is 33.5 Å². The summed E-state index contributed by atoms with van der Waals surface area (Å²) >= 11 is 0.773. The van der Waals surface area contributed by atoms with E-state index in [1.807, 2.05) is 26.1 Å². The number of carbonyl (C=O) groups excluding carboxylic acids is 3. The van der Waals surface area contributed by atoms with E-state index in [1.165, 1.54) is 24.3 Å². The highest BCUT2D eigenvalue weighted by Gasteiger charge is 2.37. The number of fused-ring (bicyclic) bond motifs is 1. The van der Waals surface area contributed by atoms with Gasteiger partial charge in [0.2, 0.25) is 5.91 Å². The Balaban J connectivity index is 1.58. The number of allylic oxidation sites excluding steroid dienone is 1. The van der Waals surface area contributed by atoms with Crippen molar-refractivity contribution in [3.8, 4) is 5.75 Å². The third-order valence-corrected chi connectivity index (χ3v) is 7.07. The van der Waals surface area contributed by atoms with Gasteiger partial charge in [-0.05, 0) is 74.5 Å². The van der Waals surface area contributed by atoms with Crippen LogP contribution >= 0.6 is 11.8 Å². The molecule has 0 unspecified atom stereocenters. The average Bonchev–Trinajstić information content (AvgIpc) is 3.06. The van der Waals surface area contributed by atoms with Crippen LogP contribution in [0.15, 0.2) is 47.4 Å². The zero-order chi connectivity index (χ0) is 25.5. The van der Waals surface area contributed by atoms with Crippen molar-refractivity contribution in [2.24, 2.45) is 0 Å². The van der Waals surface area contributed by atoms with Gasteiger partial charge >= 0.3 is 0 Å². The maximum atomic E-state index is 13.1. The molecular formula is C26H26FN3O4S. The topological polar surface area (TPSA) is 79.0 Å². The molecule has 0 bridgehead atoms. The number of likely N-dealkylation sites (N-methyl/N-ethyl adjacent to an activating group) is 1. The number of thioether (sulfide) groups is 1. The first-order valence-electron chi connectivity index (χ1n) is 11.0. The van der Waals surface area contributed by atoms with Gasteiger partial charge in [-0.2, -0.15) is 0 Å². The molecule has 2 aliphatic rings. The molecule has 182 valence electrons. The number of ether oxygens (including phenoxy) is 1. The lowest BCUT2D eigenvalue weighted by Gasteiger charge is -2.41. The third-order valence-electron chi connectivity index (χ3n) is 6.16. The number of nitrogens with zero attached hydrogens (tertiary/aromatic N) is 2. The summed E-state index contributed by atoms with van der Waals surface area (Å²) in [4.78, 5) is 41.1. The van der Waals surface area contributed by atoms with Crippen LogP contribution in [-0.2, 0) is 9.59 Å². The van der Waals surface area contributed by atoms with Crippen LogP contribution in [0.5, 0.6) is 5.75 Å². The van der Waals surface area contributed by atoms with Gasteiger partial charge in [0.05, 0.1) is 17.6 Å². The first-order chi connectivity index (χ1) is 16.5. The molecule has 0 aromatic heterocycles. The van der Waals surface area contributed by atoms with Crippen molar-refractivity contribution in [2.75, 3.05) is 30.9 Å². The minimum atomic E-state index is -0.557. The zero-order valence-corrected chi connectivity index (χ0v) is 21.0. The van der Waals surface area contributed by atoms with Crippen LogP contribution in [-0.4, -0.2) is 48.2 Å². The summed E-state index contributed by atoms with van der Waals surface area (Å²) < 4.78 is 18.7. The number of amides is 3. The van der Waals surface area contributed by atoms with Gasteiger partial charge < -0.3 is 15.0 Å². The van der Waals surface area contributed by atoms with Gasteiger partial charge in [0.1, 0.15) is 18.1 Å². The van der Waals surface area contributed by atoms with Crippen molar-refractivity contribution in [1.29, 1.82) is 0 Å². The summed E-state index contributed by atoms with van der Waals surface area (Å²) in [6, 6.07) is 9.09. The average molecular weight is 496 g/mol. The molecular weight excluding hydrogens is 469 g/mol. The molecule has 3 amide bonds. The Hall–Kier alpha value is -3.59. The standard InChI is InChI=1S/C26H26FN3O4S/c1-15-13-26(2,3)29(4)20-12-21(34-5)16(10-19(15)20)11-22-24(32)30(25(33)35-22)14-23(31)28-18-8-6-17(27)7-9-18/h6-13H,14H2,1-5H3,(H,28,31)/b22-11+. The van der Waals surface area contributed by atoms with Gasteiger partial charge in [0.15, 0.2) is 0 Å². The number of carbonyl (C=O) groups is 3. The Morgan fingerprint density at radius 3 is 2.54 bits per heavy atom. The van der Waals surface area contributed by atoms with Crippen LogP contribution in [0.25, 0.3) is 11.6 Å². The molecule has 0 radical (unpaired) electrons. The number of benzene rings is 2. The van der Waals surface area contributed by atoms with Crippen molar-refractivity contribution < 1.29 is 23.5 Å². The van der Waals surface area contributed by atoms with Gasteiger partial charge in [0, 0.05) is 35.6 Å². The van der Waals surface area contributed by atoms with E-state index in [9.17, 15) is 18.8 Å². The highest BCUT2D eigenvalue weighted by molar-refractivity contribution is 8.18. The van der Waals surface area contributed by atoms with Gasteiger partial charge in [-0.15, -0.1) is 0 Å². The van der Waals surface area contributed by atoms with Crippen molar-refractivity contribution in [1.82, 2.24) is 4.90 Å². The number of imide groups is 1. The summed E-state index contributed by atoms with van der Waals surface area (Å²) in [5, 5.41) is 2.02. The highest BCUT2D eigenvalue weighted by atomic mass is 32.2. The van der Waals surface area contributed by atoms with Crippen molar-refractivity contribution in [3.05, 3.63) is 64.3 Å². The summed E-state index contributed by atoms with van der Waals surface area (Å²) in [7, 11) is 3.57. The Kier molecular flexibility index (Phi) is 6.46. The fraction of sp³-hybridized carbons (Fsp3) is 0.269. The van der Waals surface area contributed by atoms with E-state index in [0.29, 0.717) is 17.0 Å². The van der Waals surface area contributed by atoms with Gasteiger partial charge in [-0.25, -0.2) is 4.39 Å². The molecule has 1 fully saturated rings. The van der Waals surface area contributed by atoms with Crippen LogP contribution in [0.2, 0.25) is 0 Å². The summed E-state index contributed by atoms with van der Waals surface area (Å²) in [5.41, 5.74) is 3.99. The summed E-state index contributed by atoms with van der Waals surface area (Å²) in [6.07, 6.45) is 3.80. The molecule has 4 rings (SSSR count). The number of rotatable bonds is 5. The third kappa shape index (κ3) is 4.81. The second-order valence-electron chi connectivity index (χ2n) is 8.97. The Bertz CT molecular complexity index is 1280. The van der Waals surface area contributed by atoms with E-state index >= 15 is 0 Å². The molecule has 2 aromatic rings. The zero-order valence-electron chi connectivity index (χ0n) is 20.1. The van der Waals surface area contributed by atoms with Crippen LogP contribution < -0.4 is 15.0 Å². The lowest BCUT2D eigenvalue weighted by molar-refractivity contribution is -0.127. The molecule has 0 atom stereocenters. The molecule has 9 heteroatoms. The maximum absolute atomic E-state index is 13.1.